The van der Waals surface area contributed by atoms with Gasteiger partial charge in [-0.15, -0.1) is 0 Å². The van der Waals surface area contributed by atoms with Crippen LogP contribution in [0.25, 0.3) is 0 Å². The van der Waals surface area contributed by atoms with Crippen molar-refractivity contribution >= 4 is 5.78 Å². The van der Waals surface area contributed by atoms with E-state index < -0.39 is 12.6 Å². The minimum absolute atomic E-state index is 0.218. The first kappa shape index (κ1) is 12.3. The van der Waals surface area contributed by atoms with Crippen LogP contribution < -0.4 is 0 Å². The van der Waals surface area contributed by atoms with Gasteiger partial charge in [0.05, 0.1) is 6.42 Å². The fraction of sp³-hybridized carbons (Fsp3) is 0.727. The van der Waals surface area contributed by atoms with Gasteiger partial charge in [0.2, 0.25) is 0 Å². The lowest BCUT2D eigenvalue weighted by Gasteiger charge is -2.12. The number of ketones is 1. The molecule has 0 bridgehead atoms. The predicted molar refractivity (Wildman–Crippen MR) is 51.5 cm³/mol. The summed E-state index contributed by atoms with van der Waals surface area (Å²) in [6.07, 6.45) is 0.653. The maximum atomic E-state index is 11.8. The first-order valence-corrected chi connectivity index (χ1v) is 5.24. The largest absolute Gasteiger partial charge is 0.389 e. The van der Waals surface area contributed by atoms with Crippen LogP contribution in [0, 0.1) is 0 Å². The third kappa shape index (κ3) is 5.60. The van der Waals surface area contributed by atoms with Gasteiger partial charge < -0.3 is 0 Å². The van der Waals surface area contributed by atoms with Gasteiger partial charge in [0.25, 0.3) is 0 Å². The molecule has 15 heavy (non-hydrogen) atoms. The number of hydrogen-bond acceptors (Lipinski definition) is 1. The molecule has 86 valence electrons. The topological polar surface area (TPSA) is 17.1 Å². The van der Waals surface area contributed by atoms with E-state index in [1.165, 1.54) is 0 Å². The van der Waals surface area contributed by atoms with E-state index in [9.17, 15) is 18.0 Å². The van der Waals surface area contributed by atoms with Crippen LogP contribution in [0.1, 0.15) is 44.9 Å². The number of Topliss-reactive ketones (excluding diaryl/α,β-unsaturated/α-hetero) is 1. The smallest absolute Gasteiger partial charge is 0.299 e. The van der Waals surface area contributed by atoms with E-state index in [0.717, 1.165) is 31.3 Å². The van der Waals surface area contributed by atoms with Gasteiger partial charge in [-0.3, -0.25) is 4.79 Å². The predicted octanol–water partition coefficient (Wildman–Crippen LogP) is 3.79. The maximum absolute atomic E-state index is 11.8. The summed E-state index contributed by atoms with van der Waals surface area (Å²) in [5.41, 5.74) is 1.02. The molecule has 0 atom stereocenters. The van der Waals surface area contributed by atoms with Crippen molar-refractivity contribution in [1.82, 2.24) is 0 Å². The molecule has 0 heterocycles. The minimum atomic E-state index is -4.21. The normalized spacial score (nSPS) is 17.4. The molecular formula is C11H15F3O. The number of rotatable bonds is 4. The van der Waals surface area contributed by atoms with Crippen LogP contribution in [-0.2, 0) is 4.79 Å². The van der Waals surface area contributed by atoms with Gasteiger partial charge in [0.1, 0.15) is 5.78 Å². The van der Waals surface area contributed by atoms with Crippen LogP contribution in [0.5, 0.6) is 0 Å². The zero-order chi connectivity index (χ0) is 11.3. The fourth-order valence-electron chi connectivity index (χ4n) is 1.69. The number of allylic oxidation sites excluding steroid dienone is 2. The molecule has 1 aliphatic carbocycles. The third-order valence-electron chi connectivity index (χ3n) is 2.50. The van der Waals surface area contributed by atoms with Gasteiger partial charge >= 0.3 is 6.18 Å². The van der Waals surface area contributed by atoms with Gasteiger partial charge in [-0.05, 0) is 25.7 Å². The monoisotopic (exact) mass is 220 g/mol. The summed E-state index contributed by atoms with van der Waals surface area (Å²) in [6.45, 7) is 0. The summed E-state index contributed by atoms with van der Waals surface area (Å²) in [5, 5.41) is 0. The Morgan fingerprint density at radius 3 is 2.60 bits per heavy atom. The lowest BCUT2D eigenvalue weighted by molar-refractivity contribution is -0.143. The Morgan fingerprint density at radius 1 is 1.33 bits per heavy atom. The lowest BCUT2D eigenvalue weighted by atomic mass is 9.94. The quantitative estimate of drug-likeness (QED) is 0.659. The second kappa shape index (κ2) is 5.33. The third-order valence-corrected chi connectivity index (χ3v) is 2.50. The van der Waals surface area contributed by atoms with Crippen molar-refractivity contribution in [2.75, 3.05) is 0 Å². The Morgan fingerprint density at radius 2 is 2.07 bits per heavy atom. The fourth-order valence-corrected chi connectivity index (χ4v) is 1.69. The number of halogens is 3. The van der Waals surface area contributed by atoms with Crippen molar-refractivity contribution in [3.8, 4) is 0 Å². The Hall–Kier alpha value is -0.800. The van der Waals surface area contributed by atoms with Crippen LogP contribution in [0.2, 0.25) is 0 Å². The van der Waals surface area contributed by atoms with Crippen LogP contribution in [0.4, 0.5) is 13.2 Å². The molecule has 1 rings (SSSR count). The van der Waals surface area contributed by atoms with Crippen LogP contribution in [-0.4, -0.2) is 12.0 Å². The van der Waals surface area contributed by atoms with Crippen molar-refractivity contribution in [3.05, 3.63) is 11.6 Å². The first-order chi connectivity index (χ1) is 6.97. The van der Waals surface area contributed by atoms with E-state index in [1.807, 2.05) is 6.08 Å². The van der Waals surface area contributed by atoms with Crippen molar-refractivity contribution in [3.63, 3.8) is 0 Å². The molecule has 1 aliphatic rings. The summed E-state index contributed by atoms with van der Waals surface area (Å²) < 4.78 is 35.5. The second-order valence-corrected chi connectivity index (χ2v) is 3.94. The molecule has 4 heteroatoms. The Kier molecular flexibility index (Phi) is 4.36. The average Bonchev–Trinajstić information content (AvgIpc) is 2.15. The lowest BCUT2D eigenvalue weighted by Crippen LogP contribution is -2.11. The first-order valence-electron chi connectivity index (χ1n) is 5.24. The van der Waals surface area contributed by atoms with Crippen LogP contribution in [0.15, 0.2) is 11.6 Å². The highest BCUT2D eigenvalue weighted by atomic mass is 19.4. The molecule has 0 unspecified atom stereocenters. The molecule has 0 N–H and O–H groups in total. The summed E-state index contributed by atoms with van der Waals surface area (Å²) in [4.78, 5) is 11.2. The number of carbonyl (C=O) groups excluding carboxylic acids is 1. The molecule has 0 saturated heterocycles. The second-order valence-electron chi connectivity index (χ2n) is 3.94. The molecule has 0 saturated carbocycles. The van der Waals surface area contributed by atoms with Gasteiger partial charge in [-0.2, -0.15) is 13.2 Å². The van der Waals surface area contributed by atoms with Crippen LogP contribution >= 0.6 is 0 Å². The van der Waals surface area contributed by atoms with E-state index in [4.69, 9.17) is 0 Å². The van der Waals surface area contributed by atoms with Crippen molar-refractivity contribution < 1.29 is 18.0 Å². The Balaban J connectivity index is 2.26. The van der Waals surface area contributed by atoms with E-state index in [0.29, 0.717) is 0 Å². The van der Waals surface area contributed by atoms with Crippen molar-refractivity contribution in [2.45, 2.75) is 51.1 Å². The SMILES string of the molecule is O=C(CCC(F)(F)F)CC1=CCCCC1. The van der Waals surface area contributed by atoms with Crippen molar-refractivity contribution in [2.24, 2.45) is 0 Å². The summed E-state index contributed by atoms with van der Waals surface area (Å²) in [7, 11) is 0. The summed E-state index contributed by atoms with van der Waals surface area (Å²) >= 11 is 0. The molecule has 0 aromatic carbocycles. The molecule has 0 radical (unpaired) electrons. The summed E-state index contributed by atoms with van der Waals surface area (Å²) in [6, 6.07) is 0. The standard InChI is InChI=1S/C11H15F3O/c12-11(13,14)7-6-10(15)8-9-4-2-1-3-5-9/h4H,1-3,5-8H2. The van der Waals surface area contributed by atoms with Gasteiger partial charge in [-0.25, -0.2) is 0 Å². The zero-order valence-corrected chi connectivity index (χ0v) is 8.57. The average molecular weight is 220 g/mol. The molecule has 0 amide bonds. The van der Waals surface area contributed by atoms with Crippen LogP contribution in [0.3, 0.4) is 0 Å². The molecule has 0 aromatic rings. The highest BCUT2D eigenvalue weighted by molar-refractivity contribution is 5.80. The van der Waals surface area contributed by atoms with Gasteiger partial charge in [0.15, 0.2) is 0 Å². The molecular weight excluding hydrogens is 205 g/mol. The molecule has 1 nitrogen and oxygen atoms in total. The van der Waals surface area contributed by atoms with Gasteiger partial charge in [-0.1, -0.05) is 11.6 Å². The van der Waals surface area contributed by atoms with E-state index in [-0.39, 0.29) is 18.6 Å². The Labute approximate surface area is 87.4 Å². The van der Waals surface area contributed by atoms with E-state index >= 15 is 0 Å². The van der Waals surface area contributed by atoms with Crippen molar-refractivity contribution in [1.29, 1.82) is 0 Å². The van der Waals surface area contributed by atoms with E-state index in [1.54, 1.807) is 0 Å². The Bertz CT molecular complexity index is 253. The maximum Gasteiger partial charge on any atom is 0.389 e. The van der Waals surface area contributed by atoms with E-state index in [2.05, 4.69) is 0 Å². The zero-order valence-electron chi connectivity index (χ0n) is 8.57. The summed E-state index contributed by atoms with van der Waals surface area (Å²) in [5.74, 6) is -0.291. The molecule has 0 spiro atoms. The number of alkyl halides is 3. The minimum Gasteiger partial charge on any atom is -0.299 e. The molecule has 0 aromatic heterocycles. The number of hydrogen-bond donors (Lipinski definition) is 0. The number of carbonyl (C=O) groups is 1. The molecule has 0 aliphatic heterocycles. The van der Waals surface area contributed by atoms with Gasteiger partial charge in [0, 0.05) is 12.8 Å². The highest BCUT2D eigenvalue weighted by Gasteiger charge is 2.27. The highest BCUT2D eigenvalue weighted by Crippen LogP contribution is 2.24. The molecule has 0 fully saturated rings.